The third kappa shape index (κ3) is 9.07. The van der Waals surface area contributed by atoms with E-state index < -0.39 is 12.1 Å². The van der Waals surface area contributed by atoms with Gasteiger partial charge in [0.25, 0.3) is 0 Å². The zero-order valence-corrected chi connectivity index (χ0v) is 18.1. The van der Waals surface area contributed by atoms with Gasteiger partial charge in [0.1, 0.15) is 6.61 Å². The lowest BCUT2D eigenvalue weighted by molar-refractivity contribution is -0.137. The first kappa shape index (κ1) is 25.1. The third-order valence-corrected chi connectivity index (χ3v) is 4.93. The van der Waals surface area contributed by atoms with E-state index in [1.54, 1.807) is 0 Å². The minimum Gasteiger partial charge on any atom is -0.481 e. The maximum atomic E-state index is 12.3. The van der Waals surface area contributed by atoms with E-state index in [1.807, 2.05) is 44.2 Å². The van der Waals surface area contributed by atoms with E-state index in [0.29, 0.717) is 25.7 Å². The van der Waals surface area contributed by atoms with Crippen molar-refractivity contribution in [2.24, 2.45) is 0 Å². The quantitative estimate of drug-likeness (QED) is 0.535. The molecule has 1 heterocycles. The number of aliphatic carboxylic acids is 1. The number of nitrogens with zero attached hydrogens (tertiary/aromatic N) is 1. The fourth-order valence-corrected chi connectivity index (χ4v) is 2.84. The molecular weight excluding hydrogens is 382 g/mol. The number of hydrogen-bond acceptors (Lipinski definition) is 4. The molecular formula is C24H33NO5. The van der Waals surface area contributed by atoms with E-state index in [0.717, 1.165) is 29.6 Å². The first-order valence-corrected chi connectivity index (χ1v) is 10.4. The van der Waals surface area contributed by atoms with Crippen molar-refractivity contribution < 1.29 is 24.2 Å². The number of ether oxygens (including phenoxy) is 1. The number of carbonyl (C=O) groups is 3. The molecule has 0 spiro atoms. The van der Waals surface area contributed by atoms with E-state index in [2.05, 4.69) is 13.2 Å². The van der Waals surface area contributed by atoms with Crippen molar-refractivity contribution in [3.8, 4) is 0 Å². The Morgan fingerprint density at radius 3 is 2.13 bits per heavy atom. The molecule has 0 aliphatic carbocycles. The van der Waals surface area contributed by atoms with E-state index in [-0.39, 0.29) is 25.0 Å². The molecule has 1 atom stereocenters. The molecule has 1 aliphatic heterocycles. The maximum Gasteiger partial charge on any atom is 0.416 e. The summed E-state index contributed by atoms with van der Waals surface area (Å²) in [5, 5.41) is 8.22. The molecule has 1 saturated heterocycles. The number of allylic oxidation sites excluding steroid dienone is 2. The molecule has 2 amide bonds. The van der Waals surface area contributed by atoms with Crippen LogP contribution in [0.3, 0.4) is 0 Å². The van der Waals surface area contributed by atoms with Gasteiger partial charge in [0.05, 0.1) is 6.04 Å². The number of benzene rings is 1. The topological polar surface area (TPSA) is 83.9 Å². The molecule has 30 heavy (non-hydrogen) atoms. The second-order valence-electron chi connectivity index (χ2n) is 7.29. The van der Waals surface area contributed by atoms with Gasteiger partial charge in [0, 0.05) is 12.8 Å². The summed E-state index contributed by atoms with van der Waals surface area (Å²) in [4.78, 5) is 35.3. The Hall–Kier alpha value is -2.89. The summed E-state index contributed by atoms with van der Waals surface area (Å²) in [6.45, 7) is 11.8. The second kappa shape index (κ2) is 13.4. The minimum atomic E-state index is -0.746. The molecule has 1 aliphatic rings. The predicted octanol–water partition coefficient (Wildman–Crippen LogP) is 5.14. The van der Waals surface area contributed by atoms with Crippen molar-refractivity contribution >= 4 is 18.0 Å². The van der Waals surface area contributed by atoms with Gasteiger partial charge < -0.3 is 9.84 Å². The number of carboxylic acids is 1. The minimum absolute atomic E-state index is 0.173. The van der Waals surface area contributed by atoms with Crippen LogP contribution in [0.2, 0.25) is 0 Å². The summed E-state index contributed by atoms with van der Waals surface area (Å²) >= 11 is 0. The number of hydrogen-bond donors (Lipinski definition) is 1. The molecule has 0 radical (unpaired) electrons. The molecule has 6 nitrogen and oxygen atoms in total. The lowest BCUT2D eigenvalue weighted by Crippen LogP contribution is -2.40. The lowest BCUT2D eigenvalue weighted by Gasteiger charge is -2.19. The Bertz CT molecular complexity index is 741. The van der Waals surface area contributed by atoms with E-state index >= 15 is 0 Å². The van der Waals surface area contributed by atoms with Gasteiger partial charge in [-0.1, -0.05) is 68.5 Å². The Labute approximate surface area is 179 Å². The van der Waals surface area contributed by atoms with Gasteiger partial charge in [-0.3, -0.25) is 9.59 Å². The van der Waals surface area contributed by atoms with E-state index in [4.69, 9.17) is 9.84 Å². The lowest BCUT2D eigenvalue weighted by atomic mass is 10.0. The normalized spacial score (nSPS) is 15.1. The molecule has 0 saturated carbocycles. The van der Waals surface area contributed by atoms with Crippen molar-refractivity contribution in [3.05, 3.63) is 60.2 Å². The van der Waals surface area contributed by atoms with Crippen LogP contribution >= 0.6 is 0 Å². The summed E-state index contributed by atoms with van der Waals surface area (Å²) in [6.07, 6.45) is 3.61. The summed E-state index contributed by atoms with van der Waals surface area (Å²) in [5.41, 5.74) is 3.13. The van der Waals surface area contributed by atoms with Crippen molar-refractivity contribution in [2.75, 3.05) is 6.61 Å². The molecule has 1 fully saturated rings. The average molecular weight is 416 g/mol. The van der Waals surface area contributed by atoms with Crippen LogP contribution in [0.1, 0.15) is 57.9 Å². The summed E-state index contributed by atoms with van der Waals surface area (Å²) < 4.78 is 5.05. The Balaban J connectivity index is 0.000000424. The fourth-order valence-electron chi connectivity index (χ4n) is 2.84. The highest BCUT2D eigenvalue weighted by Crippen LogP contribution is 2.20. The molecule has 1 aromatic rings. The second-order valence-corrected chi connectivity index (χ2v) is 7.29. The SMILES string of the molecule is C=C(CC)CCC(=O)N1C(=O)OC[C@H]1Cc1ccccc1.C=C(CC)CCC(=O)O. The van der Waals surface area contributed by atoms with Crippen LogP contribution in [0, 0.1) is 0 Å². The number of carboxylic acid groups (broad SMARTS) is 1. The standard InChI is InChI=1S/C17H21NO3.C7H12O2/c1-3-13(2)9-10-16(19)18-15(12-21-17(18)20)11-14-7-5-4-6-8-14;1-3-6(2)4-5-7(8)9/h4-8,15H,2-3,9-12H2,1H3;2-5H2,1H3,(H,8,9)/t15-;/m1./s1. The van der Waals surface area contributed by atoms with Crippen LogP contribution in [-0.2, 0) is 20.7 Å². The molecule has 0 unspecified atom stereocenters. The maximum absolute atomic E-state index is 12.3. The van der Waals surface area contributed by atoms with Crippen LogP contribution < -0.4 is 0 Å². The van der Waals surface area contributed by atoms with Crippen LogP contribution in [0.25, 0.3) is 0 Å². The van der Waals surface area contributed by atoms with Gasteiger partial charge in [-0.25, -0.2) is 9.69 Å². The Morgan fingerprint density at radius 1 is 1.03 bits per heavy atom. The smallest absolute Gasteiger partial charge is 0.416 e. The number of rotatable bonds is 10. The van der Waals surface area contributed by atoms with Crippen molar-refractivity contribution in [2.45, 2.75) is 64.8 Å². The predicted molar refractivity (Wildman–Crippen MR) is 117 cm³/mol. The highest BCUT2D eigenvalue weighted by molar-refractivity contribution is 5.93. The summed E-state index contributed by atoms with van der Waals surface area (Å²) in [6, 6.07) is 9.62. The number of cyclic esters (lactones) is 1. The molecule has 0 aromatic heterocycles. The molecule has 1 aromatic carbocycles. The molecule has 1 N–H and O–H groups in total. The van der Waals surface area contributed by atoms with Gasteiger partial charge in [-0.15, -0.1) is 0 Å². The molecule has 164 valence electrons. The van der Waals surface area contributed by atoms with E-state index in [9.17, 15) is 14.4 Å². The molecule has 6 heteroatoms. The molecule has 2 rings (SSSR count). The summed E-state index contributed by atoms with van der Waals surface area (Å²) in [5.74, 6) is -0.919. The van der Waals surface area contributed by atoms with Gasteiger partial charge in [0.15, 0.2) is 0 Å². The zero-order chi connectivity index (χ0) is 22.5. The van der Waals surface area contributed by atoms with Gasteiger partial charge >= 0.3 is 12.1 Å². The molecule has 0 bridgehead atoms. The van der Waals surface area contributed by atoms with Gasteiger partial charge in [0.2, 0.25) is 5.91 Å². The number of carbonyl (C=O) groups excluding carboxylic acids is 2. The third-order valence-electron chi connectivity index (χ3n) is 4.93. The number of amides is 2. The largest absolute Gasteiger partial charge is 0.481 e. The Kier molecular flexibility index (Phi) is 11.2. The van der Waals surface area contributed by atoms with Crippen molar-refractivity contribution in [3.63, 3.8) is 0 Å². The van der Waals surface area contributed by atoms with Crippen molar-refractivity contribution in [1.29, 1.82) is 0 Å². The van der Waals surface area contributed by atoms with E-state index in [1.165, 1.54) is 4.90 Å². The first-order valence-electron chi connectivity index (χ1n) is 10.4. The van der Waals surface area contributed by atoms with Crippen molar-refractivity contribution in [1.82, 2.24) is 4.90 Å². The highest BCUT2D eigenvalue weighted by Gasteiger charge is 2.37. The van der Waals surface area contributed by atoms with Crippen LogP contribution in [0.4, 0.5) is 4.79 Å². The first-order chi connectivity index (χ1) is 14.3. The monoisotopic (exact) mass is 415 g/mol. The fraction of sp³-hybridized carbons (Fsp3) is 0.458. The zero-order valence-electron chi connectivity index (χ0n) is 18.1. The van der Waals surface area contributed by atoms with Crippen LogP contribution in [0.5, 0.6) is 0 Å². The van der Waals surface area contributed by atoms with Crippen LogP contribution in [-0.4, -0.2) is 40.6 Å². The Morgan fingerprint density at radius 2 is 1.60 bits per heavy atom. The number of imide groups is 1. The van der Waals surface area contributed by atoms with Gasteiger partial charge in [-0.2, -0.15) is 0 Å². The average Bonchev–Trinajstić information content (AvgIpc) is 3.11. The highest BCUT2D eigenvalue weighted by atomic mass is 16.6. The summed E-state index contributed by atoms with van der Waals surface area (Å²) in [7, 11) is 0. The van der Waals surface area contributed by atoms with Crippen LogP contribution in [0.15, 0.2) is 54.6 Å². The van der Waals surface area contributed by atoms with Gasteiger partial charge in [-0.05, 0) is 37.7 Å².